The van der Waals surface area contributed by atoms with Gasteiger partial charge in [0, 0.05) is 23.8 Å². The molecule has 1 aromatic carbocycles. The average molecular weight is 244 g/mol. The molecule has 0 saturated heterocycles. The average Bonchev–Trinajstić information content (AvgIpc) is 2.84. The van der Waals surface area contributed by atoms with Gasteiger partial charge in [0.2, 0.25) is 0 Å². The van der Waals surface area contributed by atoms with Crippen LogP contribution in [0.3, 0.4) is 0 Å². The maximum atomic E-state index is 5.80. The van der Waals surface area contributed by atoms with Crippen molar-refractivity contribution in [3.05, 3.63) is 47.9 Å². The second-order valence-corrected chi connectivity index (χ2v) is 4.73. The third-order valence-corrected chi connectivity index (χ3v) is 3.09. The molecule has 2 rings (SSSR count). The highest BCUT2D eigenvalue weighted by molar-refractivity contribution is 5.56. The van der Waals surface area contributed by atoms with Crippen LogP contribution in [-0.2, 0) is 6.42 Å². The molecule has 1 heterocycles. The van der Waals surface area contributed by atoms with Crippen LogP contribution in [-0.4, -0.2) is 6.04 Å². The summed E-state index contributed by atoms with van der Waals surface area (Å²) in [4.78, 5) is 0. The van der Waals surface area contributed by atoms with E-state index in [-0.39, 0.29) is 0 Å². The van der Waals surface area contributed by atoms with E-state index in [4.69, 9.17) is 10.2 Å². The van der Waals surface area contributed by atoms with Crippen LogP contribution in [0.2, 0.25) is 0 Å². The topological polar surface area (TPSA) is 51.2 Å². The van der Waals surface area contributed by atoms with Gasteiger partial charge in [-0.15, -0.1) is 0 Å². The molecule has 1 aromatic heterocycles. The Hall–Kier alpha value is -1.90. The van der Waals surface area contributed by atoms with Crippen LogP contribution in [0.1, 0.15) is 24.7 Å². The number of rotatable bonds is 5. The zero-order chi connectivity index (χ0) is 13.0. The van der Waals surface area contributed by atoms with Gasteiger partial charge in [-0.3, -0.25) is 0 Å². The molecule has 0 aliphatic carbocycles. The summed E-state index contributed by atoms with van der Waals surface area (Å²) in [7, 11) is 0. The standard InChI is InChI=1S/C15H20N2O/c1-11-10-13(6-8-15(11)16)17-12(2)5-7-14-4-3-9-18-14/h3-4,6,8-10,12,17H,5,7,16H2,1-2H3. The van der Waals surface area contributed by atoms with E-state index in [1.165, 1.54) is 0 Å². The number of hydrogen-bond donors (Lipinski definition) is 2. The Balaban J connectivity index is 1.86. The van der Waals surface area contributed by atoms with E-state index in [9.17, 15) is 0 Å². The number of furan rings is 1. The van der Waals surface area contributed by atoms with Gasteiger partial charge in [-0.2, -0.15) is 0 Å². The molecule has 3 heteroatoms. The van der Waals surface area contributed by atoms with Gasteiger partial charge in [0.15, 0.2) is 0 Å². The number of nitrogen functional groups attached to an aromatic ring is 1. The van der Waals surface area contributed by atoms with E-state index >= 15 is 0 Å². The van der Waals surface area contributed by atoms with Gasteiger partial charge in [-0.1, -0.05) is 0 Å². The summed E-state index contributed by atoms with van der Waals surface area (Å²) in [5.74, 6) is 1.04. The van der Waals surface area contributed by atoms with Crippen molar-refractivity contribution in [2.45, 2.75) is 32.7 Å². The highest BCUT2D eigenvalue weighted by Crippen LogP contribution is 2.18. The van der Waals surface area contributed by atoms with Crippen LogP contribution in [0.25, 0.3) is 0 Å². The fourth-order valence-corrected chi connectivity index (χ4v) is 1.94. The number of benzene rings is 1. The van der Waals surface area contributed by atoms with E-state index < -0.39 is 0 Å². The van der Waals surface area contributed by atoms with Gasteiger partial charge in [0.05, 0.1) is 6.26 Å². The van der Waals surface area contributed by atoms with Crippen molar-refractivity contribution in [1.29, 1.82) is 0 Å². The molecule has 0 aliphatic rings. The number of aryl methyl sites for hydroxylation is 2. The molecule has 0 saturated carbocycles. The lowest BCUT2D eigenvalue weighted by atomic mass is 10.1. The molecule has 0 fully saturated rings. The van der Waals surface area contributed by atoms with Crippen LogP contribution in [0.5, 0.6) is 0 Å². The maximum absolute atomic E-state index is 5.80. The Morgan fingerprint density at radius 1 is 1.33 bits per heavy atom. The number of hydrogen-bond acceptors (Lipinski definition) is 3. The smallest absolute Gasteiger partial charge is 0.103 e. The van der Waals surface area contributed by atoms with Crippen molar-refractivity contribution in [3.63, 3.8) is 0 Å². The van der Waals surface area contributed by atoms with Crippen LogP contribution in [0.4, 0.5) is 11.4 Å². The summed E-state index contributed by atoms with van der Waals surface area (Å²) < 4.78 is 5.32. The lowest BCUT2D eigenvalue weighted by molar-refractivity contribution is 0.495. The first kappa shape index (κ1) is 12.6. The quantitative estimate of drug-likeness (QED) is 0.790. The third kappa shape index (κ3) is 3.29. The molecule has 18 heavy (non-hydrogen) atoms. The van der Waals surface area contributed by atoms with Crippen molar-refractivity contribution in [3.8, 4) is 0 Å². The molecule has 0 spiro atoms. The first-order valence-corrected chi connectivity index (χ1v) is 6.30. The lowest BCUT2D eigenvalue weighted by Gasteiger charge is -2.15. The molecule has 1 unspecified atom stereocenters. The summed E-state index contributed by atoms with van der Waals surface area (Å²) in [5.41, 5.74) is 8.87. The van der Waals surface area contributed by atoms with E-state index in [1.807, 2.05) is 31.2 Å². The number of anilines is 2. The normalized spacial score (nSPS) is 12.3. The predicted molar refractivity (Wildman–Crippen MR) is 75.7 cm³/mol. The van der Waals surface area contributed by atoms with Crippen molar-refractivity contribution >= 4 is 11.4 Å². The third-order valence-electron chi connectivity index (χ3n) is 3.09. The Morgan fingerprint density at radius 3 is 2.83 bits per heavy atom. The first-order valence-electron chi connectivity index (χ1n) is 6.30. The number of nitrogens with two attached hydrogens (primary N) is 1. The summed E-state index contributed by atoms with van der Waals surface area (Å²) >= 11 is 0. The minimum absolute atomic E-state index is 0.401. The van der Waals surface area contributed by atoms with Gasteiger partial charge in [-0.25, -0.2) is 0 Å². The summed E-state index contributed by atoms with van der Waals surface area (Å²) in [6.45, 7) is 4.20. The number of nitrogens with one attached hydrogen (secondary N) is 1. The Morgan fingerprint density at radius 2 is 2.17 bits per heavy atom. The molecule has 0 bridgehead atoms. The van der Waals surface area contributed by atoms with Crippen LogP contribution in [0.15, 0.2) is 41.0 Å². The largest absolute Gasteiger partial charge is 0.469 e. The van der Waals surface area contributed by atoms with E-state index in [1.54, 1.807) is 6.26 Å². The van der Waals surface area contributed by atoms with Gasteiger partial charge in [0.25, 0.3) is 0 Å². The van der Waals surface area contributed by atoms with Gasteiger partial charge in [0.1, 0.15) is 5.76 Å². The highest BCUT2D eigenvalue weighted by Gasteiger charge is 2.05. The van der Waals surface area contributed by atoms with Crippen molar-refractivity contribution < 1.29 is 4.42 Å². The lowest BCUT2D eigenvalue weighted by Crippen LogP contribution is -2.16. The molecule has 96 valence electrons. The molecule has 3 N–H and O–H groups in total. The molecule has 1 atom stereocenters. The maximum Gasteiger partial charge on any atom is 0.103 e. The van der Waals surface area contributed by atoms with E-state index in [0.29, 0.717) is 6.04 Å². The Labute approximate surface area is 108 Å². The molecule has 0 radical (unpaired) electrons. The molecule has 0 amide bonds. The SMILES string of the molecule is Cc1cc(NC(C)CCc2ccco2)ccc1N. The van der Waals surface area contributed by atoms with Crippen LogP contribution >= 0.6 is 0 Å². The monoisotopic (exact) mass is 244 g/mol. The minimum atomic E-state index is 0.401. The second-order valence-electron chi connectivity index (χ2n) is 4.73. The van der Waals surface area contributed by atoms with E-state index in [2.05, 4.69) is 18.3 Å². The Bertz CT molecular complexity index is 491. The zero-order valence-corrected chi connectivity index (χ0v) is 10.9. The molecule has 0 aliphatic heterocycles. The second kappa shape index (κ2) is 5.63. The summed E-state index contributed by atoms with van der Waals surface area (Å²) in [5, 5.41) is 3.48. The molecule has 3 nitrogen and oxygen atoms in total. The highest BCUT2D eigenvalue weighted by atomic mass is 16.3. The molecular formula is C15H20N2O. The van der Waals surface area contributed by atoms with Crippen molar-refractivity contribution in [1.82, 2.24) is 0 Å². The van der Waals surface area contributed by atoms with Crippen LogP contribution < -0.4 is 11.1 Å². The zero-order valence-electron chi connectivity index (χ0n) is 10.9. The first-order chi connectivity index (χ1) is 8.65. The van der Waals surface area contributed by atoms with Gasteiger partial charge >= 0.3 is 0 Å². The van der Waals surface area contributed by atoms with Crippen molar-refractivity contribution in [2.24, 2.45) is 0 Å². The predicted octanol–water partition coefficient (Wildman–Crippen LogP) is 3.60. The minimum Gasteiger partial charge on any atom is -0.469 e. The van der Waals surface area contributed by atoms with Gasteiger partial charge in [-0.05, 0) is 56.2 Å². The van der Waals surface area contributed by atoms with Crippen LogP contribution in [0, 0.1) is 6.92 Å². The molecule has 2 aromatic rings. The molecular weight excluding hydrogens is 224 g/mol. The van der Waals surface area contributed by atoms with Crippen molar-refractivity contribution in [2.75, 3.05) is 11.1 Å². The fourth-order valence-electron chi connectivity index (χ4n) is 1.94. The summed E-state index contributed by atoms with van der Waals surface area (Å²) in [6.07, 6.45) is 3.71. The Kier molecular flexibility index (Phi) is 3.92. The van der Waals surface area contributed by atoms with Gasteiger partial charge < -0.3 is 15.5 Å². The van der Waals surface area contributed by atoms with E-state index in [0.717, 1.165) is 35.5 Å². The summed E-state index contributed by atoms with van der Waals surface area (Å²) in [6, 6.07) is 10.4. The fraction of sp³-hybridized carbons (Fsp3) is 0.333.